The molecule has 0 aromatic heterocycles. The third-order valence-electron chi connectivity index (χ3n) is 0.585. The van der Waals surface area contributed by atoms with E-state index >= 15 is 0 Å². The molecule has 0 radical (unpaired) electrons. The maximum atomic E-state index is 10.4. The lowest BCUT2D eigenvalue weighted by atomic mass is 10.7. The van der Waals surface area contributed by atoms with Gasteiger partial charge in [0.15, 0.2) is 0 Å². The topological polar surface area (TPSA) is 43.1 Å². The molecular weight excluding hydrogens is 166 g/mol. The lowest BCUT2D eigenvalue weighted by Gasteiger charge is -1.89. The molecule has 0 amide bonds. The van der Waals surface area contributed by atoms with Crippen LogP contribution in [0.4, 0.5) is 0 Å². The predicted molar refractivity (Wildman–Crippen MR) is 40.1 cm³/mol. The van der Waals surface area contributed by atoms with Gasteiger partial charge in [-0.1, -0.05) is 0 Å². The Bertz CT molecular complexity index is 126. The van der Waals surface area contributed by atoms with E-state index in [-0.39, 0.29) is 17.8 Å². The highest BCUT2D eigenvalue weighted by Gasteiger charge is 2.08. The molecule has 1 aliphatic heterocycles. The van der Waals surface area contributed by atoms with Crippen LogP contribution in [0, 0.1) is 0 Å². The Labute approximate surface area is 60.2 Å². The van der Waals surface area contributed by atoms with Gasteiger partial charge in [-0.25, -0.2) is 4.21 Å². The van der Waals surface area contributed by atoms with Gasteiger partial charge in [-0.2, -0.15) is 0 Å². The zero-order valence-electron chi connectivity index (χ0n) is 3.94. The van der Waals surface area contributed by atoms with Gasteiger partial charge in [-0.3, -0.25) is 0 Å². The van der Waals surface area contributed by atoms with Gasteiger partial charge in [-0.15, -0.1) is 12.4 Å². The van der Waals surface area contributed by atoms with Crippen molar-refractivity contribution in [1.82, 2.24) is 0 Å². The van der Waals surface area contributed by atoms with Crippen molar-refractivity contribution in [3.05, 3.63) is 11.5 Å². The summed E-state index contributed by atoms with van der Waals surface area (Å²) in [6, 6.07) is 0. The maximum Gasteiger partial charge on any atom is 0.107 e. The fourth-order valence-corrected chi connectivity index (χ4v) is 2.37. The van der Waals surface area contributed by atoms with E-state index in [0.717, 1.165) is 0 Å². The Morgan fingerprint density at radius 2 is 2.38 bits per heavy atom. The van der Waals surface area contributed by atoms with Crippen LogP contribution in [0.15, 0.2) is 11.5 Å². The standard InChI is InChI=1S/C3H5NOS2.ClH/c4-3-1-2-7(5)6-3;/h1-3H,4H2;1H. The van der Waals surface area contributed by atoms with E-state index in [1.807, 2.05) is 0 Å². The average molecular weight is 172 g/mol. The second-order valence-electron chi connectivity index (χ2n) is 1.15. The van der Waals surface area contributed by atoms with Crippen LogP contribution in [0.1, 0.15) is 0 Å². The van der Waals surface area contributed by atoms with Crippen LogP contribution in [0.3, 0.4) is 0 Å². The second-order valence-corrected chi connectivity index (χ2v) is 4.24. The van der Waals surface area contributed by atoms with Gasteiger partial charge in [0.1, 0.15) is 9.83 Å². The largest absolute Gasteiger partial charge is 0.315 e. The first kappa shape index (κ1) is 8.49. The van der Waals surface area contributed by atoms with Crippen molar-refractivity contribution in [2.24, 2.45) is 5.73 Å². The molecule has 2 atom stereocenters. The Balaban J connectivity index is 0.000000490. The summed E-state index contributed by atoms with van der Waals surface area (Å²) < 4.78 is 10.4. The lowest BCUT2D eigenvalue weighted by molar-refractivity contribution is 0.696. The summed E-state index contributed by atoms with van der Waals surface area (Å²) in [6.07, 6.45) is 1.74. The molecule has 0 aliphatic carbocycles. The highest BCUT2D eigenvalue weighted by atomic mass is 35.5. The molecule has 48 valence electrons. The fourth-order valence-electron chi connectivity index (χ4n) is 0.315. The minimum atomic E-state index is -0.842. The summed E-state index contributed by atoms with van der Waals surface area (Å²) in [4.78, 5) is 0. The first-order valence-electron chi connectivity index (χ1n) is 1.80. The summed E-state index contributed by atoms with van der Waals surface area (Å²) in [5.74, 6) is 0. The minimum Gasteiger partial charge on any atom is -0.315 e. The zero-order chi connectivity index (χ0) is 5.28. The summed E-state index contributed by atoms with van der Waals surface area (Å²) in [7, 11) is 0.417. The van der Waals surface area contributed by atoms with Crippen molar-refractivity contribution in [2.45, 2.75) is 5.37 Å². The van der Waals surface area contributed by atoms with Crippen molar-refractivity contribution in [1.29, 1.82) is 0 Å². The Morgan fingerprint density at radius 3 is 2.50 bits per heavy atom. The van der Waals surface area contributed by atoms with E-state index in [1.165, 1.54) is 10.8 Å². The monoisotopic (exact) mass is 171 g/mol. The Morgan fingerprint density at radius 1 is 1.75 bits per heavy atom. The van der Waals surface area contributed by atoms with Gasteiger partial charge < -0.3 is 5.73 Å². The van der Waals surface area contributed by atoms with Crippen molar-refractivity contribution in [3.8, 4) is 0 Å². The smallest absolute Gasteiger partial charge is 0.107 e. The van der Waals surface area contributed by atoms with Crippen LogP contribution in [-0.2, 0) is 9.83 Å². The number of halogens is 1. The van der Waals surface area contributed by atoms with E-state index in [2.05, 4.69) is 0 Å². The molecule has 0 saturated heterocycles. The Kier molecular flexibility index (Phi) is 3.72. The minimum absolute atomic E-state index is 0. The Hall–Kier alpha value is 0.490. The van der Waals surface area contributed by atoms with Crippen LogP contribution < -0.4 is 5.73 Å². The number of hydrogen-bond acceptors (Lipinski definition) is 3. The third-order valence-corrected chi connectivity index (χ3v) is 3.10. The van der Waals surface area contributed by atoms with Gasteiger partial charge >= 0.3 is 0 Å². The van der Waals surface area contributed by atoms with Crippen molar-refractivity contribution < 1.29 is 4.21 Å². The van der Waals surface area contributed by atoms with E-state index in [0.29, 0.717) is 0 Å². The molecular formula is C3H6ClNOS2. The third kappa shape index (κ3) is 2.17. The van der Waals surface area contributed by atoms with Gasteiger partial charge in [0.2, 0.25) is 0 Å². The number of rotatable bonds is 0. The first-order valence-corrected chi connectivity index (χ1v) is 4.41. The molecule has 5 heteroatoms. The molecule has 8 heavy (non-hydrogen) atoms. The molecule has 1 aliphatic rings. The molecule has 1 rings (SSSR count). The molecule has 1 heterocycles. The van der Waals surface area contributed by atoms with Crippen LogP contribution >= 0.6 is 23.2 Å². The number of hydrogen-bond donors (Lipinski definition) is 1. The molecule has 0 spiro atoms. The average Bonchev–Trinajstić information content (AvgIpc) is 1.87. The van der Waals surface area contributed by atoms with Crippen LogP contribution in [0.5, 0.6) is 0 Å². The van der Waals surface area contributed by atoms with Crippen LogP contribution in [0.25, 0.3) is 0 Å². The quantitative estimate of drug-likeness (QED) is 0.544. The van der Waals surface area contributed by atoms with Crippen LogP contribution in [0.2, 0.25) is 0 Å². The van der Waals surface area contributed by atoms with Gasteiger partial charge in [0.05, 0.1) is 5.37 Å². The second kappa shape index (κ2) is 3.50. The van der Waals surface area contributed by atoms with Crippen molar-refractivity contribution in [2.75, 3.05) is 0 Å². The number of nitrogens with two attached hydrogens (primary N) is 1. The zero-order valence-corrected chi connectivity index (χ0v) is 6.39. The van der Waals surface area contributed by atoms with Gasteiger partial charge in [-0.05, 0) is 16.9 Å². The molecule has 0 bridgehead atoms. The summed E-state index contributed by atoms with van der Waals surface area (Å²) in [5, 5.41) is 1.57. The molecule has 0 fully saturated rings. The fraction of sp³-hybridized carbons (Fsp3) is 0.333. The molecule has 0 saturated carbocycles. The van der Waals surface area contributed by atoms with E-state index in [1.54, 1.807) is 11.5 Å². The van der Waals surface area contributed by atoms with E-state index in [9.17, 15) is 4.21 Å². The molecule has 2 nitrogen and oxygen atoms in total. The SMILES string of the molecule is Cl.NC1C=CS(=O)S1. The van der Waals surface area contributed by atoms with Gasteiger partial charge in [0, 0.05) is 5.41 Å². The summed E-state index contributed by atoms with van der Waals surface area (Å²) in [5.41, 5.74) is 5.31. The lowest BCUT2D eigenvalue weighted by Crippen LogP contribution is -2.07. The van der Waals surface area contributed by atoms with E-state index < -0.39 is 9.83 Å². The normalized spacial score (nSPS) is 34.6. The molecule has 2 N–H and O–H groups in total. The van der Waals surface area contributed by atoms with Crippen molar-refractivity contribution in [3.63, 3.8) is 0 Å². The van der Waals surface area contributed by atoms with Gasteiger partial charge in [0.25, 0.3) is 0 Å². The predicted octanol–water partition coefficient (Wildman–Crippen LogP) is 0.617. The maximum absolute atomic E-state index is 10.4. The molecule has 0 aromatic carbocycles. The summed E-state index contributed by atoms with van der Waals surface area (Å²) >= 11 is 0. The highest BCUT2D eigenvalue weighted by molar-refractivity contribution is 8.70. The first-order chi connectivity index (χ1) is 3.29. The van der Waals surface area contributed by atoms with Crippen LogP contribution in [-0.4, -0.2) is 9.58 Å². The highest BCUT2D eigenvalue weighted by Crippen LogP contribution is 2.20. The van der Waals surface area contributed by atoms with E-state index in [4.69, 9.17) is 5.73 Å². The molecule has 2 unspecified atom stereocenters. The summed E-state index contributed by atoms with van der Waals surface area (Å²) in [6.45, 7) is 0. The molecule has 0 aromatic rings. The van der Waals surface area contributed by atoms with Crippen molar-refractivity contribution >= 4 is 33.0 Å².